The Bertz CT molecular complexity index is 625. The highest BCUT2D eigenvalue weighted by Crippen LogP contribution is 2.29. The number of aromatic nitrogens is 2. The number of halogens is 1. The van der Waals surface area contributed by atoms with Gasteiger partial charge in [-0.25, -0.2) is 14.4 Å². The molecule has 0 aliphatic carbocycles. The van der Waals surface area contributed by atoms with Crippen LogP contribution in [0.5, 0.6) is 0 Å². The van der Waals surface area contributed by atoms with Gasteiger partial charge in [0.05, 0.1) is 5.56 Å². The number of hydrogen-bond donors (Lipinski definition) is 1. The highest BCUT2D eigenvalue weighted by molar-refractivity contribution is 5.56. The van der Waals surface area contributed by atoms with Crippen LogP contribution in [0.2, 0.25) is 0 Å². The Hall–Kier alpha value is -1.81. The molecule has 2 aromatic rings. The molecule has 110 valence electrons. The van der Waals surface area contributed by atoms with Gasteiger partial charge >= 0.3 is 0 Å². The van der Waals surface area contributed by atoms with Gasteiger partial charge in [-0.1, -0.05) is 12.1 Å². The molecule has 0 saturated carbocycles. The Morgan fingerprint density at radius 1 is 1.14 bits per heavy atom. The SMILES string of the molecule is Cc1nc(-c2ccccc2F)nc(C)c1C1CCCNC1. The lowest BCUT2D eigenvalue weighted by Crippen LogP contribution is -2.29. The van der Waals surface area contributed by atoms with Crippen molar-refractivity contribution in [3.63, 3.8) is 0 Å². The minimum Gasteiger partial charge on any atom is -0.316 e. The molecule has 1 N–H and O–H groups in total. The molecule has 3 nitrogen and oxygen atoms in total. The minimum atomic E-state index is -0.275. The molecular weight excluding hydrogens is 265 g/mol. The van der Waals surface area contributed by atoms with Crippen LogP contribution < -0.4 is 5.32 Å². The van der Waals surface area contributed by atoms with Gasteiger partial charge < -0.3 is 5.32 Å². The van der Waals surface area contributed by atoms with Crippen molar-refractivity contribution in [2.45, 2.75) is 32.6 Å². The first-order chi connectivity index (χ1) is 10.2. The quantitative estimate of drug-likeness (QED) is 0.919. The minimum absolute atomic E-state index is 0.275. The van der Waals surface area contributed by atoms with Crippen molar-refractivity contribution in [2.75, 3.05) is 13.1 Å². The summed E-state index contributed by atoms with van der Waals surface area (Å²) in [5.41, 5.74) is 3.63. The first kappa shape index (κ1) is 14.1. The number of nitrogens with zero attached hydrogens (tertiary/aromatic N) is 2. The predicted molar refractivity (Wildman–Crippen MR) is 81.7 cm³/mol. The van der Waals surface area contributed by atoms with Crippen LogP contribution >= 0.6 is 0 Å². The van der Waals surface area contributed by atoms with E-state index in [1.165, 1.54) is 18.1 Å². The molecule has 1 aromatic carbocycles. The van der Waals surface area contributed by atoms with Crippen LogP contribution in [-0.2, 0) is 0 Å². The summed E-state index contributed by atoms with van der Waals surface area (Å²) in [6, 6.07) is 6.67. The smallest absolute Gasteiger partial charge is 0.162 e. The fourth-order valence-electron chi connectivity index (χ4n) is 3.18. The van der Waals surface area contributed by atoms with Crippen LogP contribution in [0.15, 0.2) is 24.3 Å². The van der Waals surface area contributed by atoms with Gasteiger partial charge in [-0.2, -0.15) is 0 Å². The van der Waals surface area contributed by atoms with Crippen molar-refractivity contribution >= 4 is 0 Å². The number of benzene rings is 1. The Balaban J connectivity index is 2.02. The zero-order valence-electron chi connectivity index (χ0n) is 12.5. The van der Waals surface area contributed by atoms with E-state index in [2.05, 4.69) is 15.3 Å². The molecule has 1 fully saturated rings. The highest BCUT2D eigenvalue weighted by atomic mass is 19.1. The van der Waals surface area contributed by atoms with Crippen molar-refractivity contribution < 1.29 is 4.39 Å². The zero-order valence-corrected chi connectivity index (χ0v) is 12.5. The third-order valence-electron chi connectivity index (χ3n) is 4.15. The summed E-state index contributed by atoms with van der Waals surface area (Å²) in [5, 5.41) is 3.43. The lowest BCUT2D eigenvalue weighted by Gasteiger charge is -2.25. The van der Waals surface area contributed by atoms with Crippen LogP contribution in [0.25, 0.3) is 11.4 Å². The molecular formula is C17H20FN3. The van der Waals surface area contributed by atoms with E-state index in [0.29, 0.717) is 17.3 Å². The molecule has 21 heavy (non-hydrogen) atoms. The third kappa shape index (κ3) is 2.81. The van der Waals surface area contributed by atoms with Crippen molar-refractivity contribution in [3.05, 3.63) is 47.0 Å². The number of hydrogen-bond acceptors (Lipinski definition) is 3. The Labute approximate surface area is 124 Å². The van der Waals surface area contributed by atoms with Gasteiger partial charge in [0, 0.05) is 17.9 Å². The summed E-state index contributed by atoms with van der Waals surface area (Å²) in [6.07, 6.45) is 2.34. The second-order valence-electron chi connectivity index (χ2n) is 5.65. The number of rotatable bonds is 2. The fraction of sp³-hybridized carbons (Fsp3) is 0.412. The second kappa shape index (κ2) is 5.90. The molecule has 0 amide bonds. The first-order valence-electron chi connectivity index (χ1n) is 7.47. The van der Waals surface area contributed by atoms with Crippen LogP contribution in [0.1, 0.15) is 35.7 Å². The van der Waals surface area contributed by atoms with E-state index in [-0.39, 0.29) is 5.82 Å². The molecule has 1 saturated heterocycles. The van der Waals surface area contributed by atoms with Crippen LogP contribution in [-0.4, -0.2) is 23.1 Å². The van der Waals surface area contributed by atoms with Crippen LogP contribution in [0, 0.1) is 19.7 Å². The second-order valence-corrected chi connectivity index (χ2v) is 5.65. The molecule has 0 spiro atoms. The normalized spacial score (nSPS) is 18.7. The first-order valence-corrected chi connectivity index (χ1v) is 7.47. The average molecular weight is 285 g/mol. The summed E-state index contributed by atoms with van der Waals surface area (Å²) in [6.45, 7) is 6.07. The van der Waals surface area contributed by atoms with Gasteiger partial charge in [0.25, 0.3) is 0 Å². The summed E-state index contributed by atoms with van der Waals surface area (Å²) >= 11 is 0. The summed E-state index contributed by atoms with van der Waals surface area (Å²) in [5.74, 6) is 0.674. The fourth-order valence-corrected chi connectivity index (χ4v) is 3.18. The van der Waals surface area contributed by atoms with E-state index in [9.17, 15) is 4.39 Å². The molecule has 0 bridgehead atoms. The average Bonchev–Trinajstić information content (AvgIpc) is 2.48. The molecule has 1 unspecified atom stereocenters. The van der Waals surface area contributed by atoms with E-state index < -0.39 is 0 Å². The summed E-state index contributed by atoms with van der Waals surface area (Å²) < 4.78 is 13.9. The van der Waals surface area contributed by atoms with Gasteiger partial charge in [0.2, 0.25) is 0 Å². The standard InChI is InChI=1S/C17H20FN3/c1-11-16(13-6-5-9-19-10-13)12(2)21-17(20-11)14-7-3-4-8-15(14)18/h3-4,7-8,13,19H,5-6,9-10H2,1-2H3. The van der Waals surface area contributed by atoms with Crippen molar-refractivity contribution in [2.24, 2.45) is 0 Å². The van der Waals surface area contributed by atoms with Gasteiger partial charge in [0.1, 0.15) is 5.82 Å². The predicted octanol–water partition coefficient (Wildman–Crippen LogP) is 3.37. The lowest BCUT2D eigenvalue weighted by molar-refractivity contribution is 0.457. The van der Waals surface area contributed by atoms with Crippen LogP contribution in [0.4, 0.5) is 4.39 Å². The van der Waals surface area contributed by atoms with Gasteiger partial charge in [0.15, 0.2) is 5.82 Å². The monoisotopic (exact) mass is 285 g/mol. The number of aryl methyl sites for hydroxylation is 2. The van der Waals surface area contributed by atoms with E-state index in [1.807, 2.05) is 19.9 Å². The van der Waals surface area contributed by atoms with Gasteiger partial charge in [-0.3, -0.25) is 0 Å². The molecule has 3 rings (SSSR count). The molecule has 1 atom stereocenters. The highest BCUT2D eigenvalue weighted by Gasteiger charge is 2.21. The molecule has 0 radical (unpaired) electrons. The van der Waals surface area contributed by atoms with Gasteiger partial charge in [-0.15, -0.1) is 0 Å². The molecule has 2 heterocycles. The van der Waals surface area contributed by atoms with Crippen molar-refractivity contribution in [1.29, 1.82) is 0 Å². The number of nitrogens with one attached hydrogen (secondary N) is 1. The summed E-state index contributed by atoms with van der Waals surface area (Å²) in [4.78, 5) is 9.12. The Morgan fingerprint density at radius 3 is 2.48 bits per heavy atom. The molecule has 1 aliphatic rings. The molecule has 1 aromatic heterocycles. The van der Waals surface area contributed by atoms with E-state index >= 15 is 0 Å². The lowest BCUT2D eigenvalue weighted by atomic mass is 9.89. The Morgan fingerprint density at radius 2 is 1.86 bits per heavy atom. The largest absolute Gasteiger partial charge is 0.316 e. The van der Waals surface area contributed by atoms with Crippen LogP contribution in [0.3, 0.4) is 0 Å². The van der Waals surface area contributed by atoms with Crippen molar-refractivity contribution in [3.8, 4) is 11.4 Å². The van der Waals surface area contributed by atoms with E-state index in [1.54, 1.807) is 12.1 Å². The molecule has 1 aliphatic heterocycles. The maximum atomic E-state index is 13.9. The third-order valence-corrected chi connectivity index (χ3v) is 4.15. The molecule has 4 heteroatoms. The summed E-state index contributed by atoms with van der Waals surface area (Å²) in [7, 11) is 0. The maximum absolute atomic E-state index is 13.9. The Kier molecular flexibility index (Phi) is 3.97. The van der Waals surface area contributed by atoms with E-state index in [0.717, 1.165) is 30.9 Å². The topological polar surface area (TPSA) is 37.8 Å². The maximum Gasteiger partial charge on any atom is 0.162 e. The van der Waals surface area contributed by atoms with Gasteiger partial charge in [-0.05, 0) is 56.8 Å². The van der Waals surface area contributed by atoms with E-state index in [4.69, 9.17) is 0 Å². The zero-order chi connectivity index (χ0) is 14.8. The number of piperidine rings is 1. The van der Waals surface area contributed by atoms with Crippen molar-refractivity contribution in [1.82, 2.24) is 15.3 Å².